The largest absolute Gasteiger partial charge is 0.478 e. The first-order chi connectivity index (χ1) is 14.3. The molecule has 0 unspecified atom stereocenters. The molecule has 0 aromatic heterocycles. The van der Waals surface area contributed by atoms with E-state index < -0.39 is 23.9 Å². The van der Waals surface area contributed by atoms with Gasteiger partial charge in [-0.15, -0.1) is 0 Å². The fourth-order valence-electron chi connectivity index (χ4n) is 1.96. The third-order valence-electron chi connectivity index (χ3n) is 3.36. The van der Waals surface area contributed by atoms with E-state index in [0.29, 0.717) is 11.1 Å². The molecule has 0 saturated heterocycles. The highest BCUT2D eigenvalue weighted by molar-refractivity contribution is 5.95. The van der Waals surface area contributed by atoms with Gasteiger partial charge in [-0.2, -0.15) is 0 Å². The molecule has 30 heavy (non-hydrogen) atoms. The van der Waals surface area contributed by atoms with Crippen LogP contribution in [0.2, 0.25) is 0 Å². The predicted octanol–water partition coefficient (Wildman–Crippen LogP) is 1.07. The number of aromatic carboxylic acids is 2. The molecule has 10 heteroatoms. The van der Waals surface area contributed by atoms with E-state index in [0.717, 1.165) is 0 Å². The van der Waals surface area contributed by atoms with Gasteiger partial charge in [-0.05, 0) is 42.5 Å². The van der Waals surface area contributed by atoms with Crippen LogP contribution in [0.15, 0.2) is 48.5 Å². The van der Waals surface area contributed by atoms with Crippen LogP contribution in [0.25, 0.3) is 0 Å². The first kappa shape index (κ1) is 24.3. The number of carboxylic acids is 2. The number of carbonyl (C=O) groups is 4. The minimum absolute atomic E-state index is 0.0833. The average molecular weight is 420 g/mol. The summed E-state index contributed by atoms with van der Waals surface area (Å²) in [5.74, 6) is -2.98. The second-order valence-corrected chi connectivity index (χ2v) is 5.49. The van der Waals surface area contributed by atoms with Crippen molar-refractivity contribution in [2.75, 3.05) is 26.4 Å². The first-order valence-electron chi connectivity index (χ1n) is 8.52. The van der Waals surface area contributed by atoms with Crippen LogP contribution in [0.5, 0.6) is 0 Å². The van der Waals surface area contributed by atoms with Crippen molar-refractivity contribution in [3.63, 3.8) is 0 Å². The van der Waals surface area contributed by atoms with Crippen molar-refractivity contribution < 1.29 is 49.1 Å². The van der Waals surface area contributed by atoms with E-state index in [1.807, 2.05) is 0 Å². The lowest BCUT2D eigenvalue weighted by Gasteiger charge is -2.01. The molecule has 0 amide bonds. The van der Waals surface area contributed by atoms with Crippen LogP contribution in [-0.2, 0) is 9.47 Å². The number of carboxylic acid groups (broad SMARTS) is 2. The zero-order valence-corrected chi connectivity index (χ0v) is 15.7. The summed E-state index contributed by atoms with van der Waals surface area (Å²) < 4.78 is 9.67. The Morgan fingerprint density at radius 3 is 1.40 bits per heavy atom. The summed E-state index contributed by atoms with van der Waals surface area (Å²) in [5.41, 5.74) is 0.919. The molecule has 3 rings (SSSR count). The van der Waals surface area contributed by atoms with Gasteiger partial charge in [0.15, 0.2) is 0 Å². The standard InChI is InChI=1S/C10H8O4.C8H6O4.C2H6O2/c11-9-7-2-1-3-8(6-7)10(12)14-5-4-13-9;9-7(10)5-1-2-6(4-3-5)8(11)12;3-1-2-4/h1-3,6H,4-5H2;1-4H,(H,9,10)(H,11,12);3-4H,1-2H2. The number of cyclic esters (lactones) is 2. The van der Waals surface area contributed by atoms with Gasteiger partial charge in [-0.25, -0.2) is 19.2 Å². The monoisotopic (exact) mass is 420 g/mol. The van der Waals surface area contributed by atoms with Gasteiger partial charge in [-0.1, -0.05) is 6.07 Å². The van der Waals surface area contributed by atoms with Crippen LogP contribution in [-0.4, -0.2) is 70.7 Å². The lowest BCUT2D eigenvalue weighted by atomic mass is 10.1. The zero-order chi connectivity index (χ0) is 22.5. The highest BCUT2D eigenvalue weighted by atomic mass is 16.6. The van der Waals surface area contributed by atoms with Crippen molar-refractivity contribution >= 4 is 23.9 Å². The highest BCUT2D eigenvalue weighted by Gasteiger charge is 2.15. The summed E-state index contributed by atoms with van der Waals surface area (Å²) in [6, 6.07) is 11.3. The summed E-state index contributed by atoms with van der Waals surface area (Å²) in [7, 11) is 0. The maximum absolute atomic E-state index is 11.3. The lowest BCUT2D eigenvalue weighted by Crippen LogP contribution is -2.10. The van der Waals surface area contributed by atoms with Crippen molar-refractivity contribution in [1.29, 1.82) is 0 Å². The third-order valence-corrected chi connectivity index (χ3v) is 3.36. The van der Waals surface area contributed by atoms with Crippen LogP contribution in [0, 0.1) is 0 Å². The fourth-order valence-corrected chi connectivity index (χ4v) is 1.96. The van der Waals surface area contributed by atoms with Crippen LogP contribution in [0.3, 0.4) is 0 Å². The summed E-state index contributed by atoms with van der Waals surface area (Å²) in [4.78, 5) is 43.3. The van der Waals surface area contributed by atoms with E-state index in [1.165, 1.54) is 30.3 Å². The Morgan fingerprint density at radius 1 is 0.733 bits per heavy atom. The molecule has 10 nitrogen and oxygen atoms in total. The number of fused-ring (bicyclic) bond motifs is 2. The van der Waals surface area contributed by atoms with E-state index in [1.54, 1.807) is 18.2 Å². The molecule has 4 N–H and O–H groups in total. The Labute approximate surface area is 170 Å². The number of hydrogen-bond donors (Lipinski definition) is 4. The Kier molecular flexibility index (Phi) is 10.2. The molecule has 0 saturated carbocycles. The lowest BCUT2D eigenvalue weighted by molar-refractivity contribution is 0.0277. The molecule has 2 bridgehead atoms. The normalized spacial score (nSPS) is 12.2. The molecule has 0 spiro atoms. The zero-order valence-electron chi connectivity index (χ0n) is 15.7. The van der Waals surface area contributed by atoms with Gasteiger partial charge in [0, 0.05) is 0 Å². The Hall–Kier alpha value is -3.76. The Bertz CT molecular complexity index is 805. The maximum atomic E-state index is 11.3. The van der Waals surface area contributed by atoms with Gasteiger partial charge in [-0.3, -0.25) is 0 Å². The quantitative estimate of drug-likeness (QED) is 0.527. The van der Waals surface area contributed by atoms with Gasteiger partial charge >= 0.3 is 23.9 Å². The van der Waals surface area contributed by atoms with Crippen molar-refractivity contribution in [2.45, 2.75) is 0 Å². The van der Waals surface area contributed by atoms with Crippen molar-refractivity contribution in [2.24, 2.45) is 0 Å². The van der Waals surface area contributed by atoms with Crippen LogP contribution in [0.4, 0.5) is 0 Å². The van der Waals surface area contributed by atoms with Gasteiger partial charge in [0.05, 0.1) is 35.5 Å². The SMILES string of the molecule is O=C(O)c1ccc(C(=O)O)cc1.O=C1OCCOC(=O)c2cccc1c2.OCCO. The first-order valence-corrected chi connectivity index (χ1v) is 8.52. The predicted molar refractivity (Wildman–Crippen MR) is 102 cm³/mol. The smallest absolute Gasteiger partial charge is 0.338 e. The number of aliphatic hydroxyl groups is 2. The average Bonchev–Trinajstić information content (AvgIpc) is 2.80. The van der Waals surface area contributed by atoms with Crippen molar-refractivity contribution in [3.8, 4) is 0 Å². The van der Waals surface area contributed by atoms with Gasteiger partial charge in [0.1, 0.15) is 13.2 Å². The molecule has 0 aliphatic carbocycles. The van der Waals surface area contributed by atoms with Crippen LogP contribution < -0.4 is 0 Å². The summed E-state index contributed by atoms with van der Waals surface area (Å²) >= 11 is 0. The number of esters is 2. The minimum atomic E-state index is -1.06. The van der Waals surface area contributed by atoms with E-state index in [-0.39, 0.29) is 37.6 Å². The van der Waals surface area contributed by atoms with Crippen molar-refractivity contribution in [1.82, 2.24) is 0 Å². The van der Waals surface area contributed by atoms with E-state index in [4.69, 9.17) is 29.9 Å². The van der Waals surface area contributed by atoms with Crippen molar-refractivity contribution in [3.05, 3.63) is 70.8 Å². The molecule has 0 fully saturated rings. The third kappa shape index (κ3) is 8.09. The number of ether oxygens (including phenoxy) is 2. The van der Waals surface area contributed by atoms with Crippen LogP contribution in [0.1, 0.15) is 41.4 Å². The summed E-state index contributed by atoms with van der Waals surface area (Å²) in [6.07, 6.45) is 0. The molecule has 2 aromatic carbocycles. The van der Waals surface area contributed by atoms with Gasteiger partial charge in [0.2, 0.25) is 0 Å². The molecule has 1 aliphatic heterocycles. The minimum Gasteiger partial charge on any atom is -0.478 e. The number of benzene rings is 2. The molecule has 1 aliphatic rings. The van der Waals surface area contributed by atoms with Gasteiger partial charge in [0.25, 0.3) is 0 Å². The highest BCUT2D eigenvalue weighted by Crippen LogP contribution is 2.10. The van der Waals surface area contributed by atoms with Gasteiger partial charge < -0.3 is 29.9 Å². The molecule has 160 valence electrons. The number of aliphatic hydroxyl groups excluding tert-OH is 2. The molecule has 2 aromatic rings. The van der Waals surface area contributed by atoms with E-state index in [9.17, 15) is 19.2 Å². The Balaban J connectivity index is 0.000000258. The summed E-state index contributed by atoms with van der Waals surface area (Å²) in [6.45, 7) is -0.0495. The van der Waals surface area contributed by atoms with E-state index in [2.05, 4.69) is 0 Å². The Morgan fingerprint density at radius 2 is 1.10 bits per heavy atom. The second-order valence-electron chi connectivity index (χ2n) is 5.49. The molecular weight excluding hydrogens is 400 g/mol. The summed E-state index contributed by atoms with van der Waals surface area (Å²) in [5, 5.41) is 32.2. The molecule has 0 atom stereocenters. The van der Waals surface area contributed by atoms with Crippen LogP contribution >= 0.6 is 0 Å². The molecular formula is C20H20O10. The number of carbonyl (C=O) groups excluding carboxylic acids is 2. The molecule has 1 heterocycles. The second kappa shape index (κ2) is 12.6. The maximum Gasteiger partial charge on any atom is 0.338 e. The number of rotatable bonds is 3. The molecule has 0 radical (unpaired) electrons. The fraction of sp³-hybridized carbons (Fsp3) is 0.200. The van der Waals surface area contributed by atoms with E-state index >= 15 is 0 Å². The number of hydrogen-bond acceptors (Lipinski definition) is 8. The topological polar surface area (TPSA) is 168 Å².